The molecular formula is C22H36N2S. The van der Waals surface area contributed by atoms with Crippen molar-refractivity contribution in [1.82, 2.24) is 0 Å². The first-order chi connectivity index (χ1) is 11.9. The summed E-state index contributed by atoms with van der Waals surface area (Å²) in [6.07, 6.45) is 14.8. The molecule has 0 saturated carbocycles. The second kappa shape index (κ2) is 10.8. The van der Waals surface area contributed by atoms with Gasteiger partial charge < -0.3 is 5.41 Å². The van der Waals surface area contributed by atoms with E-state index < -0.39 is 0 Å². The average molecular weight is 361 g/mol. The maximum atomic E-state index is 7.26. The van der Waals surface area contributed by atoms with Crippen LogP contribution < -0.4 is 0 Å². The van der Waals surface area contributed by atoms with Crippen LogP contribution in [0.15, 0.2) is 40.9 Å². The van der Waals surface area contributed by atoms with Gasteiger partial charge >= 0.3 is 0 Å². The van der Waals surface area contributed by atoms with Gasteiger partial charge in [0.25, 0.3) is 0 Å². The van der Waals surface area contributed by atoms with Gasteiger partial charge in [-0.25, -0.2) is 0 Å². The highest BCUT2D eigenvalue weighted by Crippen LogP contribution is 2.43. The van der Waals surface area contributed by atoms with Crippen molar-refractivity contribution < 1.29 is 0 Å². The summed E-state index contributed by atoms with van der Waals surface area (Å²) in [6.45, 7) is 13.4. The van der Waals surface area contributed by atoms with E-state index in [-0.39, 0.29) is 10.7 Å². The van der Waals surface area contributed by atoms with Gasteiger partial charge in [-0.1, -0.05) is 31.6 Å². The molecule has 0 aromatic heterocycles. The van der Waals surface area contributed by atoms with Crippen molar-refractivity contribution >= 4 is 24.6 Å². The van der Waals surface area contributed by atoms with Gasteiger partial charge in [0.15, 0.2) is 0 Å². The van der Waals surface area contributed by atoms with E-state index in [1.54, 1.807) is 0 Å². The number of allylic oxidation sites excluding steroid dienone is 4. The van der Waals surface area contributed by atoms with Crippen molar-refractivity contribution in [1.29, 1.82) is 5.41 Å². The first-order valence-corrected chi connectivity index (χ1v) is 10.1. The van der Waals surface area contributed by atoms with E-state index in [2.05, 4.69) is 51.4 Å². The third-order valence-electron chi connectivity index (χ3n) is 5.24. The first-order valence-electron chi connectivity index (χ1n) is 9.58. The Labute approximate surface area is 160 Å². The van der Waals surface area contributed by atoms with Crippen LogP contribution in [0.4, 0.5) is 0 Å². The summed E-state index contributed by atoms with van der Waals surface area (Å²) in [7, 11) is 0. The number of unbranched alkanes of at least 4 members (excludes halogenated alkanes) is 1. The molecule has 0 fully saturated rings. The Morgan fingerprint density at radius 2 is 2.16 bits per heavy atom. The molecule has 0 saturated heterocycles. The second-order valence-electron chi connectivity index (χ2n) is 7.49. The minimum Gasteiger partial charge on any atom is -0.313 e. The second-order valence-corrected chi connectivity index (χ2v) is 8.05. The van der Waals surface area contributed by atoms with E-state index in [0.717, 1.165) is 37.9 Å². The fraction of sp³-hybridized carbons (Fsp3) is 0.636. The summed E-state index contributed by atoms with van der Waals surface area (Å²) < 4.78 is 0. The lowest BCUT2D eigenvalue weighted by atomic mass is 9.70. The Morgan fingerprint density at radius 1 is 1.44 bits per heavy atom. The lowest BCUT2D eigenvalue weighted by Gasteiger charge is -2.38. The molecule has 2 nitrogen and oxygen atoms in total. The van der Waals surface area contributed by atoms with Crippen LogP contribution in [0.5, 0.6) is 0 Å². The van der Waals surface area contributed by atoms with Gasteiger partial charge in [-0.15, -0.1) is 6.58 Å². The molecule has 25 heavy (non-hydrogen) atoms. The van der Waals surface area contributed by atoms with E-state index in [9.17, 15) is 0 Å². The van der Waals surface area contributed by atoms with Gasteiger partial charge in [-0.2, -0.15) is 12.6 Å². The molecule has 3 heteroatoms. The molecule has 0 aromatic rings. The molecule has 0 aliphatic heterocycles. The predicted octanol–water partition coefficient (Wildman–Crippen LogP) is 6.45. The molecule has 1 N–H and O–H groups in total. The van der Waals surface area contributed by atoms with E-state index in [1.165, 1.54) is 30.2 Å². The number of nitrogens with zero attached hydrogens (tertiary/aromatic N) is 1. The quantitative estimate of drug-likeness (QED) is 0.184. The summed E-state index contributed by atoms with van der Waals surface area (Å²) in [6, 6.07) is 0. The van der Waals surface area contributed by atoms with Crippen molar-refractivity contribution in [2.75, 3.05) is 6.54 Å². The van der Waals surface area contributed by atoms with Crippen LogP contribution in [-0.4, -0.2) is 23.7 Å². The number of hydrogen-bond acceptors (Lipinski definition) is 3. The zero-order valence-electron chi connectivity index (χ0n) is 16.5. The molecule has 3 atom stereocenters. The molecule has 0 amide bonds. The zero-order valence-corrected chi connectivity index (χ0v) is 17.4. The zero-order chi connectivity index (χ0) is 18.9. The normalized spacial score (nSPS) is 25.2. The SMILES string of the molecule is C=CCCC(CCCC=N)CC1(C)C=C(C(C)=NCC)C(C)=CC1S. The van der Waals surface area contributed by atoms with E-state index in [1.807, 2.05) is 6.08 Å². The Balaban J connectivity index is 3.01. The van der Waals surface area contributed by atoms with Crippen LogP contribution in [-0.2, 0) is 0 Å². The fourth-order valence-corrected chi connectivity index (χ4v) is 4.17. The van der Waals surface area contributed by atoms with Crippen LogP contribution in [0.3, 0.4) is 0 Å². The molecule has 1 aliphatic rings. The third kappa shape index (κ3) is 6.62. The molecule has 0 aromatic carbocycles. The summed E-state index contributed by atoms with van der Waals surface area (Å²) in [5, 5.41) is 7.50. The molecule has 0 heterocycles. The van der Waals surface area contributed by atoms with Gasteiger partial charge in [0, 0.05) is 22.9 Å². The van der Waals surface area contributed by atoms with Crippen LogP contribution in [0.2, 0.25) is 0 Å². The number of aliphatic imine (C=N–C) groups is 1. The van der Waals surface area contributed by atoms with Crippen LogP contribution in [0.1, 0.15) is 66.2 Å². The minimum absolute atomic E-state index is 0.0407. The Hall–Kier alpha value is -1.09. The van der Waals surface area contributed by atoms with E-state index in [4.69, 9.17) is 18.0 Å². The maximum absolute atomic E-state index is 7.26. The fourth-order valence-electron chi connectivity index (χ4n) is 3.77. The maximum Gasteiger partial charge on any atom is 0.0389 e. The lowest BCUT2D eigenvalue weighted by molar-refractivity contribution is 0.284. The van der Waals surface area contributed by atoms with Gasteiger partial charge in [0.1, 0.15) is 0 Å². The molecule has 0 radical (unpaired) electrons. The highest BCUT2D eigenvalue weighted by atomic mass is 32.1. The largest absolute Gasteiger partial charge is 0.313 e. The first kappa shape index (κ1) is 22.0. The smallest absolute Gasteiger partial charge is 0.0389 e. The molecule has 0 spiro atoms. The summed E-state index contributed by atoms with van der Waals surface area (Å²) in [4.78, 5) is 4.62. The topological polar surface area (TPSA) is 36.2 Å². The Morgan fingerprint density at radius 3 is 2.76 bits per heavy atom. The Kier molecular flexibility index (Phi) is 9.48. The number of rotatable bonds is 11. The molecule has 1 rings (SSSR count). The predicted molar refractivity (Wildman–Crippen MR) is 117 cm³/mol. The van der Waals surface area contributed by atoms with Gasteiger partial charge in [-0.3, -0.25) is 4.99 Å². The van der Waals surface area contributed by atoms with Gasteiger partial charge in [0.05, 0.1) is 0 Å². The number of hydrogen-bond donors (Lipinski definition) is 2. The van der Waals surface area contributed by atoms with E-state index >= 15 is 0 Å². The van der Waals surface area contributed by atoms with Crippen molar-refractivity contribution in [2.24, 2.45) is 16.3 Å². The highest BCUT2D eigenvalue weighted by molar-refractivity contribution is 7.81. The Bertz CT molecular complexity index is 538. The minimum atomic E-state index is 0.0407. The molecule has 3 unspecified atom stereocenters. The molecular weight excluding hydrogens is 324 g/mol. The summed E-state index contributed by atoms with van der Waals surface area (Å²) in [5.41, 5.74) is 3.75. The van der Waals surface area contributed by atoms with Crippen molar-refractivity contribution in [2.45, 2.75) is 71.5 Å². The van der Waals surface area contributed by atoms with Crippen LogP contribution >= 0.6 is 12.6 Å². The lowest BCUT2D eigenvalue weighted by Crippen LogP contribution is -2.32. The molecule has 1 aliphatic carbocycles. The standard InChI is InChI=1S/C22H36N2S/c1-6-8-11-19(12-9-10-13-23)15-22(5)16-20(18(4)24-7-2)17(3)14-21(22)25/h6,13-14,16,19,21,23,25H,1,7-12,15H2,2-5H3. The monoisotopic (exact) mass is 360 g/mol. The van der Waals surface area contributed by atoms with E-state index in [0.29, 0.717) is 5.92 Å². The number of thiol groups is 1. The van der Waals surface area contributed by atoms with Crippen LogP contribution in [0, 0.1) is 16.7 Å². The van der Waals surface area contributed by atoms with Crippen LogP contribution in [0.25, 0.3) is 0 Å². The van der Waals surface area contributed by atoms with Crippen molar-refractivity contribution in [3.8, 4) is 0 Å². The summed E-state index contributed by atoms with van der Waals surface area (Å²) in [5.74, 6) is 0.644. The summed E-state index contributed by atoms with van der Waals surface area (Å²) >= 11 is 4.92. The number of nitrogens with one attached hydrogen (secondary N) is 1. The van der Waals surface area contributed by atoms with Gasteiger partial charge in [0.2, 0.25) is 0 Å². The third-order valence-corrected chi connectivity index (χ3v) is 5.97. The highest BCUT2D eigenvalue weighted by Gasteiger charge is 2.35. The van der Waals surface area contributed by atoms with Crippen molar-refractivity contribution in [3.63, 3.8) is 0 Å². The average Bonchev–Trinajstić information content (AvgIpc) is 2.56. The molecule has 140 valence electrons. The van der Waals surface area contributed by atoms with Gasteiger partial charge in [-0.05, 0) is 76.2 Å². The molecule has 0 bridgehead atoms. The van der Waals surface area contributed by atoms with Crippen molar-refractivity contribution in [3.05, 3.63) is 36.0 Å².